The molecule has 5 nitrogen and oxygen atoms in total. The lowest BCUT2D eigenvalue weighted by Crippen LogP contribution is -2.57. The molecule has 0 unspecified atom stereocenters. The van der Waals surface area contributed by atoms with Crippen LogP contribution in [-0.4, -0.2) is 27.1 Å². The van der Waals surface area contributed by atoms with E-state index >= 15 is 0 Å². The van der Waals surface area contributed by atoms with Gasteiger partial charge in [-0.15, -0.1) is 0 Å². The molecule has 1 aromatic rings. The highest BCUT2D eigenvalue weighted by Crippen LogP contribution is 2.31. The van der Waals surface area contributed by atoms with Gasteiger partial charge in [0.25, 0.3) is 5.91 Å². The van der Waals surface area contributed by atoms with Gasteiger partial charge in [0.1, 0.15) is 5.69 Å². The number of aryl methyl sites for hydroxylation is 1. The third-order valence-corrected chi connectivity index (χ3v) is 3.93. The van der Waals surface area contributed by atoms with E-state index in [9.17, 15) is 14.7 Å². The Kier molecular flexibility index (Phi) is 4.00. The van der Waals surface area contributed by atoms with E-state index in [0.717, 1.165) is 0 Å². The van der Waals surface area contributed by atoms with Crippen molar-refractivity contribution < 1.29 is 14.7 Å². The van der Waals surface area contributed by atoms with Crippen LogP contribution >= 0.6 is 11.6 Å². The van der Waals surface area contributed by atoms with Crippen molar-refractivity contribution in [1.82, 2.24) is 9.88 Å². The summed E-state index contributed by atoms with van der Waals surface area (Å²) >= 11 is 5.83. The molecule has 1 heterocycles. The summed E-state index contributed by atoms with van der Waals surface area (Å²) in [6.45, 7) is 6.52. The molecule has 0 spiro atoms. The van der Waals surface area contributed by atoms with Gasteiger partial charge in [0.05, 0.1) is 16.0 Å². The first kappa shape index (κ1) is 15.6. The van der Waals surface area contributed by atoms with E-state index < -0.39 is 16.9 Å². The number of aromatic nitrogens is 1. The molecule has 1 rings (SSSR count). The third-order valence-electron chi connectivity index (χ3n) is 3.73. The largest absolute Gasteiger partial charge is 0.481 e. The van der Waals surface area contributed by atoms with Crippen molar-refractivity contribution in [2.45, 2.75) is 33.2 Å². The average molecular weight is 287 g/mol. The molecule has 19 heavy (non-hydrogen) atoms. The van der Waals surface area contributed by atoms with Crippen LogP contribution in [0.25, 0.3) is 0 Å². The van der Waals surface area contributed by atoms with E-state index in [-0.39, 0.29) is 5.91 Å². The van der Waals surface area contributed by atoms with Crippen molar-refractivity contribution in [3.05, 3.63) is 23.0 Å². The Labute approximate surface area is 117 Å². The summed E-state index contributed by atoms with van der Waals surface area (Å²) in [5, 5.41) is 12.5. The normalized spacial score (nSPS) is 12.3. The Morgan fingerprint density at radius 3 is 2.21 bits per heavy atom. The zero-order valence-electron chi connectivity index (χ0n) is 11.7. The molecule has 2 N–H and O–H groups in total. The maximum atomic E-state index is 12.2. The highest BCUT2D eigenvalue weighted by Gasteiger charge is 2.44. The SMILES string of the molecule is Cn1cc(Cl)cc1C(=O)NC(C)(C)C(C)(C)C(=O)O. The number of rotatable bonds is 4. The van der Waals surface area contributed by atoms with Crippen LogP contribution in [0, 0.1) is 5.41 Å². The fraction of sp³-hybridized carbons (Fsp3) is 0.538. The van der Waals surface area contributed by atoms with E-state index in [1.807, 2.05) is 0 Å². The molecule has 1 amide bonds. The summed E-state index contributed by atoms with van der Waals surface area (Å²) in [6.07, 6.45) is 1.62. The Bertz CT molecular complexity index is 518. The average Bonchev–Trinajstić information content (AvgIpc) is 2.56. The van der Waals surface area contributed by atoms with Crippen LogP contribution in [0.3, 0.4) is 0 Å². The highest BCUT2D eigenvalue weighted by molar-refractivity contribution is 6.31. The summed E-state index contributed by atoms with van der Waals surface area (Å²) in [4.78, 5) is 23.5. The van der Waals surface area contributed by atoms with E-state index in [1.165, 1.54) is 0 Å². The molecule has 0 aliphatic heterocycles. The maximum Gasteiger partial charge on any atom is 0.311 e. The number of nitrogens with zero attached hydrogens (tertiary/aromatic N) is 1. The second-order valence-corrected chi connectivity index (χ2v) is 6.10. The van der Waals surface area contributed by atoms with Crippen molar-refractivity contribution in [1.29, 1.82) is 0 Å². The number of nitrogens with one attached hydrogen (secondary N) is 1. The molecular weight excluding hydrogens is 268 g/mol. The zero-order valence-corrected chi connectivity index (χ0v) is 12.5. The standard InChI is InChI=1S/C13H19ClN2O3/c1-12(2,11(18)19)13(3,4)15-10(17)9-6-8(14)7-16(9)5/h6-7H,1-5H3,(H,15,17)(H,18,19). The van der Waals surface area contributed by atoms with Crippen molar-refractivity contribution in [3.63, 3.8) is 0 Å². The lowest BCUT2D eigenvalue weighted by Gasteiger charge is -2.38. The predicted molar refractivity (Wildman–Crippen MR) is 73.4 cm³/mol. The molecule has 0 bridgehead atoms. The number of halogens is 1. The molecule has 0 saturated heterocycles. The maximum absolute atomic E-state index is 12.2. The van der Waals surface area contributed by atoms with Gasteiger partial charge >= 0.3 is 5.97 Å². The highest BCUT2D eigenvalue weighted by atomic mass is 35.5. The minimum Gasteiger partial charge on any atom is -0.481 e. The topological polar surface area (TPSA) is 71.3 Å². The quantitative estimate of drug-likeness (QED) is 0.892. The Balaban J connectivity index is 2.99. The van der Waals surface area contributed by atoms with Crippen molar-refractivity contribution in [3.8, 4) is 0 Å². The van der Waals surface area contributed by atoms with Gasteiger partial charge in [0.2, 0.25) is 0 Å². The van der Waals surface area contributed by atoms with Gasteiger partial charge in [-0.3, -0.25) is 9.59 Å². The molecule has 0 atom stereocenters. The van der Waals surface area contributed by atoms with Crippen LogP contribution < -0.4 is 5.32 Å². The number of amides is 1. The smallest absolute Gasteiger partial charge is 0.311 e. The van der Waals surface area contributed by atoms with E-state index in [0.29, 0.717) is 10.7 Å². The van der Waals surface area contributed by atoms with Gasteiger partial charge in [0, 0.05) is 13.2 Å². The van der Waals surface area contributed by atoms with Gasteiger partial charge in [-0.05, 0) is 33.8 Å². The number of carboxylic acids is 1. The second-order valence-electron chi connectivity index (χ2n) is 5.66. The molecule has 0 aliphatic rings. The number of hydrogen-bond donors (Lipinski definition) is 2. The number of hydrogen-bond acceptors (Lipinski definition) is 2. The summed E-state index contributed by atoms with van der Waals surface area (Å²) in [7, 11) is 1.70. The fourth-order valence-electron chi connectivity index (χ4n) is 1.52. The number of carboxylic acid groups (broad SMARTS) is 1. The van der Waals surface area contributed by atoms with Gasteiger partial charge in [-0.1, -0.05) is 11.6 Å². The lowest BCUT2D eigenvalue weighted by atomic mass is 9.74. The third kappa shape index (κ3) is 2.92. The van der Waals surface area contributed by atoms with Crippen LogP contribution in [-0.2, 0) is 11.8 Å². The molecule has 0 radical (unpaired) electrons. The van der Waals surface area contributed by atoms with Gasteiger partial charge in [0.15, 0.2) is 0 Å². The lowest BCUT2D eigenvalue weighted by molar-refractivity contribution is -0.150. The van der Waals surface area contributed by atoms with Gasteiger partial charge < -0.3 is 15.0 Å². The second kappa shape index (κ2) is 4.89. The van der Waals surface area contributed by atoms with Crippen molar-refractivity contribution >= 4 is 23.5 Å². The van der Waals surface area contributed by atoms with Crippen LogP contribution in [0.15, 0.2) is 12.3 Å². The monoisotopic (exact) mass is 286 g/mol. The van der Waals surface area contributed by atoms with Gasteiger partial charge in [-0.25, -0.2) is 0 Å². The fourth-order valence-corrected chi connectivity index (χ4v) is 1.77. The van der Waals surface area contributed by atoms with Gasteiger partial charge in [-0.2, -0.15) is 0 Å². The van der Waals surface area contributed by atoms with Crippen molar-refractivity contribution in [2.75, 3.05) is 0 Å². The first-order valence-electron chi connectivity index (χ1n) is 5.87. The number of aliphatic carboxylic acids is 1. The number of carbonyl (C=O) groups is 2. The molecule has 6 heteroatoms. The van der Waals surface area contributed by atoms with Crippen LogP contribution in [0.1, 0.15) is 38.2 Å². The predicted octanol–water partition coefficient (Wildman–Crippen LogP) is 2.30. The molecule has 0 fully saturated rings. The van der Waals surface area contributed by atoms with Crippen molar-refractivity contribution in [2.24, 2.45) is 12.5 Å². The summed E-state index contributed by atoms with van der Waals surface area (Å²) < 4.78 is 1.60. The number of carbonyl (C=O) groups excluding carboxylic acids is 1. The minimum absolute atomic E-state index is 0.353. The Morgan fingerprint density at radius 2 is 1.84 bits per heavy atom. The summed E-state index contributed by atoms with van der Waals surface area (Å²) in [5.74, 6) is -1.32. The molecular formula is C13H19ClN2O3. The molecule has 1 aromatic heterocycles. The first-order chi connectivity index (χ1) is 8.49. The Morgan fingerprint density at radius 1 is 1.32 bits per heavy atom. The van der Waals surface area contributed by atoms with E-state index in [2.05, 4.69) is 5.32 Å². The minimum atomic E-state index is -1.10. The summed E-state index contributed by atoms with van der Waals surface area (Å²) in [6, 6.07) is 1.54. The molecule has 0 aromatic carbocycles. The molecule has 0 aliphatic carbocycles. The van der Waals surface area contributed by atoms with Crippen LogP contribution in [0.2, 0.25) is 5.02 Å². The molecule has 106 valence electrons. The molecule has 0 saturated carbocycles. The first-order valence-corrected chi connectivity index (χ1v) is 6.24. The summed E-state index contributed by atoms with van der Waals surface area (Å²) in [5.41, 5.74) is -1.62. The van der Waals surface area contributed by atoms with E-state index in [4.69, 9.17) is 11.6 Å². The van der Waals surface area contributed by atoms with Crippen LogP contribution in [0.5, 0.6) is 0 Å². The van der Waals surface area contributed by atoms with Crippen LogP contribution in [0.4, 0.5) is 0 Å². The zero-order chi connectivity index (χ0) is 15.0. The Hall–Kier alpha value is -1.49. The van der Waals surface area contributed by atoms with E-state index in [1.54, 1.807) is 51.6 Å².